The zero-order valence-electron chi connectivity index (χ0n) is 22.1. The Balaban J connectivity index is 1.23. The number of anilines is 2. The largest absolute Gasteiger partial charge is 0.416 e. The minimum Gasteiger partial charge on any atom is -0.391 e. The number of piperidine rings is 1. The Morgan fingerprint density at radius 3 is 2.44 bits per heavy atom. The lowest BCUT2D eigenvalue weighted by Crippen LogP contribution is -2.50. The summed E-state index contributed by atoms with van der Waals surface area (Å²) < 4.78 is 54.5. The molecular formula is C28H31F4N7O2. The van der Waals surface area contributed by atoms with E-state index in [0.29, 0.717) is 24.1 Å². The number of benzene rings is 1. The van der Waals surface area contributed by atoms with Crippen molar-refractivity contribution in [1.82, 2.24) is 19.9 Å². The van der Waals surface area contributed by atoms with Gasteiger partial charge in [0.05, 0.1) is 11.7 Å². The highest BCUT2D eigenvalue weighted by atomic mass is 19.4. The van der Waals surface area contributed by atoms with Gasteiger partial charge in [-0.1, -0.05) is 12.1 Å². The van der Waals surface area contributed by atoms with Crippen LogP contribution in [0.25, 0.3) is 0 Å². The van der Waals surface area contributed by atoms with Crippen molar-refractivity contribution >= 4 is 17.5 Å². The third-order valence-corrected chi connectivity index (χ3v) is 7.61. The molecule has 1 amide bonds. The van der Waals surface area contributed by atoms with E-state index in [0.717, 1.165) is 25.0 Å². The second kappa shape index (κ2) is 12.0. The SMILES string of the molecule is NC(=O)C(c1ccncc1)N1CC[C@@H](CNc2ncnc(N(Cc3ccc(C(F)(F)F)cc3)C3CC3)c2F)[C@H](O)C1. The molecule has 13 heteroatoms. The van der Waals surface area contributed by atoms with Gasteiger partial charge < -0.3 is 21.1 Å². The second-order valence-electron chi connectivity index (χ2n) is 10.5. The highest BCUT2D eigenvalue weighted by molar-refractivity contribution is 5.81. The van der Waals surface area contributed by atoms with Crippen LogP contribution in [0.2, 0.25) is 0 Å². The number of hydrogen-bond donors (Lipinski definition) is 3. The van der Waals surface area contributed by atoms with Crippen LogP contribution < -0.4 is 16.0 Å². The number of β-amino-alcohol motifs (C(OH)–C–C–N with tert-alkyl or cyclic N) is 1. The molecule has 0 spiro atoms. The van der Waals surface area contributed by atoms with Crippen LogP contribution in [0.4, 0.5) is 29.2 Å². The van der Waals surface area contributed by atoms with Gasteiger partial charge in [0.1, 0.15) is 12.4 Å². The number of nitrogens with two attached hydrogens (primary N) is 1. The van der Waals surface area contributed by atoms with Crippen LogP contribution in [0.1, 0.15) is 42.0 Å². The second-order valence-corrected chi connectivity index (χ2v) is 10.5. The van der Waals surface area contributed by atoms with Gasteiger partial charge in [-0.15, -0.1) is 0 Å². The van der Waals surface area contributed by atoms with E-state index in [-0.39, 0.29) is 43.2 Å². The normalized spacial score (nSPS) is 20.4. The number of carbonyl (C=O) groups is 1. The third-order valence-electron chi connectivity index (χ3n) is 7.61. The van der Waals surface area contributed by atoms with Crippen molar-refractivity contribution < 1.29 is 27.5 Å². The van der Waals surface area contributed by atoms with E-state index in [1.807, 2.05) is 4.90 Å². The molecule has 1 unspecified atom stereocenters. The molecule has 5 rings (SSSR count). The van der Waals surface area contributed by atoms with Gasteiger partial charge in [0.25, 0.3) is 0 Å². The molecule has 1 saturated carbocycles. The molecule has 2 aromatic heterocycles. The van der Waals surface area contributed by atoms with E-state index in [9.17, 15) is 23.1 Å². The van der Waals surface area contributed by atoms with Crippen molar-refractivity contribution in [1.29, 1.82) is 0 Å². The molecule has 41 heavy (non-hydrogen) atoms. The van der Waals surface area contributed by atoms with E-state index in [4.69, 9.17) is 5.73 Å². The number of aliphatic hydroxyl groups excluding tert-OH is 1. The van der Waals surface area contributed by atoms with Crippen LogP contribution in [-0.4, -0.2) is 62.6 Å². The van der Waals surface area contributed by atoms with Gasteiger partial charge in [-0.3, -0.25) is 14.7 Å². The van der Waals surface area contributed by atoms with Gasteiger partial charge >= 0.3 is 6.18 Å². The van der Waals surface area contributed by atoms with Crippen LogP contribution in [0.3, 0.4) is 0 Å². The number of alkyl halides is 3. The van der Waals surface area contributed by atoms with Crippen LogP contribution in [0, 0.1) is 11.7 Å². The summed E-state index contributed by atoms with van der Waals surface area (Å²) in [7, 11) is 0. The Morgan fingerprint density at radius 1 is 1.12 bits per heavy atom. The fourth-order valence-corrected chi connectivity index (χ4v) is 5.25. The van der Waals surface area contributed by atoms with Crippen LogP contribution in [0.5, 0.6) is 0 Å². The van der Waals surface area contributed by atoms with Crippen molar-refractivity contribution in [3.8, 4) is 0 Å². The molecule has 3 heterocycles. The Hall–Kier alpha value is -3.84. The van der Waals surface area contributed by atoms with Crippen LogP contribution in [0.15, 0.2) is 55.1 Å². The number of nitrogens with zero attached hydrogens (tertiary/aromatic N) is 5. The minimum absolute atomic E-state index is 0.0190. The molecule has 1 aromatic carbocycles. The van der Waals surface area contributed by atoms with Gasteiger partial charge in [0.15, 0.2) is 11.6 Å². The number of amides is 1. The van der Waals surface area contributed by atoms with Crippen molar-refractivity contribution in [3.63, 3.8) is 0 Å². The maximum absolute atomic E-state index is 15.6. The van der Waals surface area contributed by atoms with Crippen LogP contribution in [-0.2, 0) is 17.5 Å². The van der Waals surface area contributed by atoms with Gasteiger partial charge in [-0.25, -0.2) is 9.97 Å². The number of pyridine rings is 1. The highest BCUT2D eigenvalue weighted by Gasteiger charge is 2.36. The summed E-state index contributed by atoms with van der Waals surface area (Å²) in [6, 6.07) is 7.58. The predicted octanol–water partition coefficient (Wildman–Crippen LogP) is 3.52. The molecule has 0 radical (unpaired) electrons. The van der Waals surface area contributed by atoms with E-state index in [1.165, 1.54) is 18.5 Å². The van der Waals surface area contributed by atoms with E-state index in [1.54, 1.807) is 29.4 Å². The van der Waals surface area contributed by atoms with Crippen molar-refractivity contribution in [2.75, 3.05) is 29.9 Å². The molecule has 2 aliphatic rings. The Labute approximate surface area is 234 Å². The molecule has 2 fully saturated rings. The molecule has 3 atom stereocenters. The molecule has 9 nitrogen and oxygen atoms in total. The highest BCUT2D eigenvalue weighted by Crippen LogP contribution is 2.36. The lowest BCUT2D eigenvalue weighted by atomic mass is 9.91. The first-order chi connectivity index (χ1) is 19.6. The Kier molecular flexibility index (Phi) is 8.36. The lowest BCUT2D eigenvalue weighted by Gasteiger charge is -2.39. The third kappa shape index (κ3) is 6.73. The molecule has 0 bridgehead atoms. The number of halogens is 4. The summed E-state index contributed by atoms with van der Waals surface area (Å²) in [5, 5.41) is 13.9. The van der Waals surface area contributed by atoms with E-state index in [2.05, 4.69) is 20.3 Å². The summed E-state index contributed by atoms with van der Waals surface area (Å²) in [5.41, 5.74) is 6.23. The minimum atomic E-state index is -4.43. The van der Waals surface area contributed by atoms with Gasteiger partial charge in [0.2, 0.25) is 11.7 Å². The molecule has 1 aliphatic heterocycles. The number of carbonyl (C=O) groups excluding carboxylic acids is 1. The molecule has 1 aliphatic carbocycles. The summed E-state index contributed by atoms with van der Waals surface area (Å²) in [5.74, 6) is -1.37. The van der Waals surface area contributed by atoms with Crippen LogP contribution >= 0.6 is 0 Å². The fourth-order valence-electron chi connectivity index (χ4n) is 5.25. The molecule has 1 saturated heterocycles. The monoisotopic (exact) mass is 573 g/mol. The quantitative estimate of drug-likeness (QED) is 0.315. The lowest BCUT2D eigenvalue weighted by molar-refractivity contribution is -0.137. The molecular weight excluding hydrogens is 542 g/mol. The standard InChI is InChI=1S/C28H31F4N7O2/c29-23-26(35-13-19-9-12-38(15-22(19)40)24(25(33)41)18-7-10-34-11-8-18)36-16-37-27(23)39(21-5-6-21)14-17-1-3-20(4-2-17)28(30,31)32/h1-4,7-8,10-11,16,19,21-22,24,40H,5-6,9,12-15H2,(H2,33,41)(H,35,36,37)/t19-,22+,24?/m0/s1. The zero-order valence-corrected chi connectivity index (χ0v) is 22.1. The number of hydrogen-bond acceptors (Lipinski definition) is 8. The summed E-state index contributed by atoms with van der Waals surface area (Å²) in [6.45, 7) is 1.15. The van der Waals surface area contributed by atoms with Gasteiger partial charge in [-0.2, -0.15) is 17.6 Å². The van der Waals surface area contributed by atoms with E-state index < -0.39 is 35.6 Å². The number of aromatic nitrogens is 3. The van der Waals surface area contributed by atoms with Gasteiger partial charge in [0, 0.05) is 44.0 Å². The fraction of sp³-hybridized carbons (Fsp3) is 0.429. The number of likely N-dealkylation sites (tertiary alicyclic amines) is 1. The molecule has 4 N–H and O–H groups in total. The maximum Gasteiger partial charge on any atom is 0.416 e. The van der Waals surface area contributed by atoms with Gasteiger partial charge in [-0.05, 0) is 61.2 Å². The van der Waals surface area contributed by atoms with Crippen molar-refractivity contribution in [3.05, 3.63) is 77.6 Å². The predicted molar refractivity (Wildman–Crippen MR) is 143 cm³/mol. The number of rotatable bonds is 10. The van der Waals surface area contributed by atoms with Crippen molar-refractivity contribution in [2.45, 2.75) is 50.2 Å². The smallest absolute Gasteiger partial charge is 0.391 e. The zero-order chi connectivity index (χ0) is 29.1. The van der Waals surface area contributed by atoms with Crippen molar-refractivity contribution in [2.24, 2.45) is 11.7 Å². The number of nitrogens with one attached hydrogen (secondary N) is 1. The molecule has 3 aromatic rings. The first-order valence-corrected chi connectivity index (χ1v) is 13.4. The first-order valence-electron chi connectivity index (χ1n) is 13.4. The molecule has 218 valence electrons. The topological polar surface area (TPSA) is 120 Å². The Bertz CT molecular complexity index is 1340. The average Bonchev–Trinajstić information content (AvgIpc) is 3.78. The van der Waals surface area contributed by atoms with E-state index >= 15 is 4.39 Å². The summed E-state index contributed by atoms with van der Waals surface area (Å²) >= 11 is 0. The summed E-state index contributed by atoms with van der Waals surface area (Å²) in [4.78, 5) is 28.0. The maximum atomic E-state index is 15.6. The number of primary amides is 1. The summed E-state index contributed by atoms with van der Waals surface area (Å²) in [6.07, 6.45) is 1.35. The Morgan fingerprint density at radius 2 is 1.83 bits per heavy atom. The first kappa shape index (κ1) is 28.7. The number of aliphatic hydroxyl groups is 1. The average molecular weight is 574 g/mol.